The van der Waals surface area contributed by atoms with Crippen LogP contribution in [0.3, 0.4) is 0 Å². The van der Waals surface area contributed by atoms with Crippen LogP contribution in [0.1, 0.15) is 12.0 Å². The molecule has 0 aliphatic rings. The highest BCUT2D eigenvalue weighted by molar-refractivity contribution is 5.69. The monoisotopic (exact) mass is 348 g/mol. The quantitative estimate of drug-likeness (QED) is 0.538. The molecule has 0 heterocycles. The average Bonchev–Trinajstić information content (AvgIpc) is 2.68. The predicted octanol–water partition coefficient (Wildman–Crippen LogP) is 4.99. The molecule has 0 saturated carbocycles. The van der Waals surface area contributed by atoms with Gasteiger partial charge in [0, 0.05) is 0 Å². The van der Waals surface area contributed by atoms with Gasteiger partial charge in [-0.05, 0) is 42.0 Å². The summed E-state index contributed by atoms with van der Waals surface area (Å²) < 4.78 is 16.6. The van der Waals surface area contributed by atoms with Crippen molar-refractivity contribution in [3.63, 3.8) is 0 Å². The molecule has 132 valence electrons. The summed E-state index contributed by atoms with van der Waals surface area (Å²) >= 11 is 0. The van der Waals surface area contributed by atoms with E-state index in [1.54, 1.807) is 0 Å². The Hall–Kier alpha value is -3.27. The fourth-order valence-electron chi connectivity index (χ4n) is 2.33. The summed E-state index contributed by atoms with van der Waals surface area (Å²) in [5, 5.41) is 0. The number of esters is 1. The van der Waals surface area contributed by atoms with Crippen molar-refractivity contribution in [3.8, 4) is 17.2 Å². The van der Waals surface area contributed by atoms with Crippen LogP contribution in [0.5, 0.6) is 17.2 Å². The maximum atomic E-state index is 11.8. The summed E-state index contributed by atoms with van der Waals surface area (Å²) in [6, 6.07) is 26.4. The van der Waals surface area contributed by atoms with E-state index in [0.717, 1.165) is 17.1 Å². The lowest BCUT2D eigenvalue weighted by atomic mass is 10.2. The first-order valence-corrected chi connectivity index (χ1v) is 8.45. The van der Waals surface area contributed by atoms with Gasteiger partial charge in [-0.3, -0.25) is 4.79 Å². The topological polar surface area (TPSA) is 44.8 Å². The molecule has 0 aliphatic heterocycles. The van der Waals surface area contributed by atoms with Gasteiger partial charge in [0.05, 0.1) is 13.0 Å². The third-order valence-electron chi connectivity index (χ3n) is 3.60. The van der Waals surface area contributed by atoms with Crippen molar-refractivity contribution < 1.29 is 19.0 Å². The molecule has 3 rings (SSSR count). The normalized spacial score (nSPS) is 10.2. The van der Waals surface area contributed by atoms with Crippen LogP contribution in [0.25, 0.3) is 0 Å². The molecule has 26 heavy (non-hydrogen) atoms. The molecule has 0 atom stereocenters. The van der Waals surface area contributed by atoms with E-state index in [-0.39, 0.29) is 19.0 Å². The van der Waals surface area contributed by atoms with E-state index in [1.165, 1.54) is 0 Å². The number of carbonyl (C=O) groups excluding carboxylic acids is 1. The van der Waals surface area contributed by atoms with Crippen molar-refractivity contribution in [1.29, 1.82) is 0 Å². The van der Waals surface area contributed by atoms with Gasteiger partial charge in [-0.2, -0.15) is 0 Å². The Labute approximate surface area is 153 Å². The molecular weight excluding hydrogens is 328 g/mol. The van der Waals surface area contributed by atoms with Gasteiger partial charge in [0.15, 0.2) is 0 Å². The van der Waals surface area contributed by atoms with Crippen LogP contribution < -0.4 is 9.47 Å². The second kappa shape index (κ2) is 9.28. The number of rotatable bonds is 8. The highest BCUT2D eigenvalue weighted by Gasteiger charge is 2.05. The standard InChI is InChI=1S/C22H20O4/c23-22(14-15-24-19-9-3-1-4-10-19)25-17-18-8-7-13-21(16-18)26-20-11-5-2-6-12-20/h1-13,16H,14-15,17H2. The second-order valence-corrected chi connectivity index (χ2v) is 5.63. The van der Waals surface area contributed by atoms with Gasteiger partial charge in [-0.15, -0.1) is 0 Å². The van der Waals surface area contributed by atoms with E-state index in [0.29, 0.717) is 12.4 Å². The van der Waals surface area contributed by atoms with Crippen LogP contribution >= 0.6 is 0 Å². The Morgan fingerprint density at radius 1 is 0.731 bits per heavy atom. The van der Waals surface area contributed by atoms with Crippen molar-refractivity contribution in [2.45, 2.75) is 13.0 Å². The van der Waals surface area contributed by atoms with Gasteiger partial charge >= 0.3 is 5.97 Å². The van der Waals surface area contributed by atoms with Gasteiger partial charge in [0.25, 0.3) is 0 Å². The van der Waals surface area contributed by atoms with E-state index in [4.69, 9.17) is 14.2 Å². The van der Waals surface area contributed by atoms with Crippen LogP contribution in [0, 0.1) is 0 Å². The highest BCUT2D eigenvalue weighted by Crippen LogP contribution is 2.22. The maximum Gasteiger partial charge on any atom is 0.309 e. The van der Waals surface area contributed by atoms with E-state index in [9.17, 15) is 4.79 Å². The van der Waals surface area contributed by atoms with Crippen LogP contribution in [0.4, 0.5) is 0 Å². The molecule has 0 aliphatic carbocycles. The number of carbonyl (C=O) groups is 1. The SMILES string of the molecule is O=C(CCOc1ccccc1)OCc1cccc(Oc2ccccc2)c1. The molecule has 3 aromatic rings. The van der Waals surface area contributed by atoms with E-state index >= 15 is 0 Å². The number of ether oxygens (including phenoxy) is 3. The summed E-state index contributed by atoms with van der Waals surface area (Å²) in [5.74, 6) is 1.92. The highest BCUT2D eigenvalue weighted by atomic mass is 16.5. The van der Waals surface area contributed by atoms with Gasteiger partial charge < -0.3 is 14.2 Å². The molecule has 0 bridgehead atoms. The molecule has 0 unspecified atom stereocenters. The van der Waals surface area contributed by atoms with Crippen molar-refractivity contribution in [3.05, 3.63) is 90.5 Å². The van der Waals surface area contributed by atoms with E-state index in [2.05, 4.69) is 0 Å². The molecule has 3 aromatic carbocycles. The fourth-order valence-corrected chi connectivity index (χ4v) is 2.33. The van der Waals surface area contributed by atoms with E-state index < -0.39 is 0 Å². The first-order valence-electron chi connectivity index (χ1n) is 8.45. The van der Waals surface area contributed by atoms with Crippen molar-refractivity contribution in [2.75, 3.05) is 6.61 Å². The lowest BCUT2D eigenvalue weighted by Gasteiger charge is -2.09. The fraction of sp³-hybridized carbons (Fsp3) is 0.136. The molecular formula is C22H20O4. The molecule has 0 radical (unpaired) electrons. The van der Waals surface area contributed by atoms with Crippen LogP contribution in [-0.2, 0) is 16.1 Å². The Kier molecular flexibility index (Phi) is 6.26. The van der Waals surface area contributed by atoms with Gasteiger partial charge in [-0.25, -0.2) is 0 Å². The summed E-state index contributed by atoms with van der Waals surface area (Å²) in [7, 11) is 0. The second-order valence-electron chi connectivity index (χ2n) is 5.63. The Morgan fingerprint density at radius 3 is 2.12 bits per heavy atom. The van der Waals surface area contributed by atoms with Crippen LogP contribution in [0.2, 0.25) is 0 Å². The molecule has 0 aromatic heterocycles. The average molecular weight is 348 g/mol. The molecule has 0 saturated heterocycles. The smallest absolute Gasteiger partial charge is 0.309 e. The largest absolute Gasteiger partial charge is 0.493 e. The summed E-state index contributed by atoms with van der Waals surface area (Å²) in [6.07, 6.45) is 0.203. The third-order valence-corrected chi connectivity index (χ3v) is 3.60. The van der Waals surface area contributed by atoms with Gasteiger partial charge in [0.1, 0.15) is 23.9 Å². The minimum Gasteiger partial charge on any atom is -0.493 e. The zero-order valence-corrected chi connectivity index (χ0v) is 14.3. The van der Waals surface area contributed by atoms with Crippen LogP contribution in [0.15, 0.2) is 84.9 Å². The van der Waals surface area contributed by atoms with E-state index in [1.807, 2.05) is 84.9 Å². The Bertz CT molecular complexity index is 816. The minimum atomic E-state index is -0.296. The number of hydrogen-bond donors (Lipinski definition) is 0. The molecule has 4 nitrogen and oxygen atoms in total. The molecule has 0 amide bonds. The first-order chi connectivity index (χ1) is 12.8. The Balaban J connectivity index is 1.44. The number of benzene rings is 3. The molecule has 0 spiro atoms. The van der Waals surface area contributed by atoms with Crippen molar-refractivity contribution >= 4 is 5.97 Å². The first kappa shape index (κ1) is 17.5. The van der Waals surface area contributed by atoms with Crippen molar-refractivity contribution in [1.82, 2.24) is 0 Å². The predicted molar refractivity (Wildman–Crippen MR) is 99.3 cm³/mol. The number of hydrogen-bond acceptors (Lipinski definition) is 4. The van der Waals surface area contributed by atoms with Crippen LogP contribution in [-0.4, -0.2) is 12.6 Å². The van der Waals surface area contributed by atoms with Gasteiger partial charge in [0.2, 0.25) is 0 Å². The third kappa shape index (κ3) is 5.67. The van der Waals surface area contributed by atoms with Gasteiger partial charge in [-0.1, -0.05) is 48.5 Å². The van der Waals surface area contributed by atoms with Crippen molar-refractivity contribution in [2.24, 2.45) is 0 Å². The zero-order chi connectivity index (χ0) is 18.0. The summed E-state index contributed by atoms with van der Waals surface area (Å²) in [4.78, 5) is 11.8. The minimum absolute atomic E-state index is 0.203. The zero-order valence-electron chi connectivity index (χ0n) is 14.3. The lowest BCUT2D eigenvalue weighted by Crippen LogP contribution is -2.09. The summed E-state index contributed by atoms with van der Waals surface area (Å²) in [5.41, 5.74) is 0.871. The lowest BCUT2D eigenvalue weighted by molar-refractivity contribution is -0.145. The number of para-hydroxylation sites is 2. The molecule has 0 N–H and O–H groups in total. The molecule has 0 fully saturated rings. The molecule has 4 heteroatoms. The summed E-state index contributed by atoms with van der Waals surface area (Å²) in [6.45, 7) is 0.496. The Morgan fingerprint density at radius 2 is 1.38 bits per heavy atom. The maximum absolute atomic E-state index is 11.8.